The van der Waals surface area contributed by atoms with Gasteiger partial charge in [0.05, 0.1) is 6.61 Å². The first-order valence-corrected chi connectivity index (χ1v) is 8.94. The maximum absolute atomic E-state index is 9.22. The van der Waals surface area contributed by atoms with E-state index < -0.39 is 5.54 Å². The molecule has 3 N–H and O–H groups in total. The van der Waals surface area contributed by atoms with Gasteiger partial charge in [0.25, 0.3) is 0 Å². The van der Waals surface area contributed by atoms with Gasteiger partial charge in [-0.25, -0.2) is 0 Å². The van der Waals surface area contributed by atoms with Gasteiger partial charge in [0.15, 0.2) is 0 Å². The molecule has 2 atom stereocenters. The van der Waals surface area contributed by atoms with Gasteiger partial charge in [-0.15, -0.1) is 0 Å². The molecule has 0 aromatic heterocycles. The Morgan fingerprint density at radius 2 is 1.25 bits per heavy atom. The smallest absolute Gasteiger partial charge is 0.0611 e. The third-order valence-electron chi connectivity index (χ3n) is 4.71. The highest BCUT2D eigenvalue weighted by Gasteiger charge is 2.24. The molecular weight excluding hydrogens is 246 g/mol. The fourth-order valence-corrected chi connectivity index (χ4v) is 2.60. The average molecular weight is 286 g/mol. The van der Waals surface area contributed by atoms with Crippen molar-refractivity contribution in [2.75, 3.05) is 6.61 Å². The molecule has 0 aromatic carbocycles. The Kier molecular flexibility index (Phi) is 12.6. The molecule has 0 aliphatic carbocycles. The Labute approximate surface area is 127 Å². The predicted molar refractivity (Wildman–Crippen MR) is 89.9 cm³/mol. The van der Waals surface area contributed by atoms with Crippen molar-refractivity contribution in [3.63, 3.8) is 0 Å². The molecule has 0 bridgehead atoms. The van der Waals surface area contributed by atoms with Crippen LogP contribution in [-0.2, 0) is 0 Å². The van der Waals surface area contributed by atoms with Crippen LogP contribution in [0.1, 0.15) is 97.8 Å². The Balaban J connectivity index is 3.25. The van der Waals surface area contributed by atoms with Crippen molar-refractivity contribution >= 4 is 0 Å². The third-order valence-corrected chi connectivity index (χ3v) is 4.71. The van der Waals surface area contributed by atoms with Gasteiger partial charge in [-0.05, 0) is 19.3 Å². The summed E-state index contributed by atoms with van der Waals surface area (Å²) in [5.41, 5.74) is 5.64. The van der Waals surface area contributed by atoms with Crippen molar-refractivity contribution in [2.24, 2.45) is 11.7 Å². The minimum Gasteiger partial charge on any atom is -0.394 e. The van der Waals surface area contributed by atoms with Crippen LogP contribution in [-0.4, -0.2) is 17.3 Å². The van der Waals surface area contributed by atoms with E-state index in [0.29, 0.717) is 5.92 Å². The highest BCUT2D eigenvalue weighted by atomic mass is 16.3. The van der Waals surface area contributed by atoms with Gasteiger partial charge < -0.3 is 10.8 Å². The second-order valence-corrected chi connectivity index (χ2v) is 6.89. The first-order chi connectivity index (χ1) is 9.54. The zero-order chi connectivity index (χ0) is 15.3. The molecule has 0 amide bonds. The number of aliphatic hydroxyl groups is 1. The lowest BCUT2D eigenvalue weighted by atomic mass is 9.85. The van der Waals surface area contributed by atoms with E-state index in [1.807, 2.05) is 6.92 Å². The molecule has 0 spiro atoms. The van der Waals surface area contributed by atoms with Crippen LogP contribution in [0.15, 0.2) is 0 Å². The first-order valence-electron chi connectivity index (χ1n) is 8.94. The summed E-state index contributed by atoms with van der Waals surface area (Å²) in [5, 5.41) is 9.22. The SMILES string of the molecule is CCCCCCCCCCCCC[C@@H](C)[C@](C)(N)CO. The molecule has 2 heteroatoms. The monoisotopic (exact) mass is 285 g/mol. The van der Waals surface area contributed by atoms with Crippen LogP contribution < -0.4 is 5.73 Å². The molecule has 122 valence electrons. The molecule has 0 rings (SSSR count). The summed E-state index contributed by atoms with van der Waals surface area (Å²) in [6.45, 7) is 6.48. The van der Waals surface area contributed by atoms with Crippen molar-refractivity contribution in [1.82, 2.24) is 0 Å². The summed E-state index contributed by atoms with van der Waals surface area (Å²) in [7, 11) is 0. The summed E-state index contributed by atoms with van der Waals surface area (Å²) in [6, 6.07) is 0. The van der Waals surface area contributed by atoms with Gasteiger partial charge in [0, 0.05) is 5.54 Å². The van der Waals surface area contributed by atoms with Crippen molar-refractivity contribution in [3.05, 3.63) is 0 Å². The second kappa shape index (κ2) is 12.6. The summed E-state index contributed by atoms with van der Waals surface area (Å²) >= 11 is 0. The van der Waals surface area contributed by atoms with E-state index in [1.165, 1.54) is 70.6 Å². The molecule has 0 saturated heterocycles. The Bertz CT molecular complexity index is 204. The molecule has 0 unspecified atom stereocenters. The summed E-state index contributed by atoms with van der Waals surface area (Å²) in [4.78, 5) is 0. The van der Waals surface area contributed by atoms with E-state index in [9.17, 15) is 5.11 Å². The van der Waals surface area contributed by atoms with E-state index >= 15 is 0 Å². The zero-order valence-electron chi connectivity index (χ0n) is 14.3. The molecule has 0 aliphatic rings. The minimum atomic E-state index is -0.404. The summed E-state index contributed by atoms with van der Waals surface area (Å²) < 4.78 is 0. The molecule has 0 heterocycles. The fraction of sp³-hybridized carbons (Fsp3) is 1.00. The minimum absolute atomic E-state index is 0.0895. The Morgan fingerprint density at radius 1 is 0.850 bits per heavy atom. The quantitative estimate of drug-likeness (QED) is 0.439. The number of unbranched alkanes of at least 4 members (excludes halogenated alkanes) is 10. The van der Waals surface area contributed by atoms with E-state index in [4.69, 9.17) is 5.73 Å². The topological polar surface area (TPSA) is 46.2 Å². The van der Waals surface area contributed by atoms with Crippen molar-refractivity contribution in [3.8, 4) is 0 Å². The van der Waals surface area contributed by atoms with Crippen LogP contribution >= 0.6 is 0 Å². The van der Waals surface area contributed by atoms with Gasteiger partial charge in [-0.1, -0.05) is 84.5 Å². The van der Waals surface area contributed by atoms with Crippen molar-refractivity contribution < 1.29 is 5.11 Å². The molecule has 0 fully saturated rings. The highest BCUT2D eigenvalue weighted by Crippen LogP contribution is 2.20. The lowest BCUT2D eigenvalue weighted by Gasteiger charge is -2.29. The predicted octanol–water partition coefficient (Wildman–Crippen LogP) is 5.03. The summed E-state index contributed by atoms with van der Waals surface area (Å²) in [5.74, 6) is 0.408. The maximum Gasteiger partial charge on any atom is 0.0611 e. The molecule has 2 nitrogen and oxygen atoms in total. The largest absolute Gasteiger partial charge is 0.394 e. The molecule has 0 radical (unpaired) electrons. The standard InChI is InChI=1S/C18H39NO/c1-4-5-6-7-8-9-10-11-12-13-14-15-17(2)18(3,19)16-20/h17,20H,4-16,19H2,1-3H3/t17-,18-/m1/s1. The fourth-order valence-electron chi connectivity index (χ4n) is 2.60. The van der Waals surface area contributed by atoms with Crippen LogP contribution in [0.3, 0.4) is 0 Å². The molecule has 0 aromatic rings. The number of rotatable bonds is 14. The van der Waals surface area contributed by atoms with E-state index in [2.05, 4.69) is 13.8 Å². The molecule has 0 saturated carbocycles. The van der Waals surface area contributed by atoms with E-state index in [-0.39, 0.29) is 6.61 Å². The Hall–Kier alpha value is -0.0800. The van der Waals surface area contributed by atoms with Crippen molar-refractivity contribution in [2.45, 2.75) is 103 Å². The summed E-state index contributed by atoms with van der Waals surface area (Å²) in [6.07, 6.45) is 16.3. The number of nitrogens with two attached hydrogens (primary N) is 1. The van der Waals surface area contributed by atoms with Crippen LogP contribution in [0.25, 0.3) is 0 Å². The number of aliphatic hydroxyl groups excluding tert-OH is 1. The van der Waals surface area contributed by atoms with Gasteiger partial charge in [0.1, 0.15) is 0 Å². The van der Waals surface area contributed by atoms with Gasteiger partial charge >= 0.3 is 0 Å². The first kappa shape index (κ1) is 19.9. The zero-order valence-corrected chi connectivity index (χ0v) is 14.3. The lowest BCUT2D eigenvalue weighted by molar-refractivity contribution is 0.155. The van der Waals surface area contributed by atoms with Gasteiger partial charge in [-0.3, -0.25) is 0 Å². The second-order valence-electron chi connectivity index (χ2n) is 6.89. The van der Waals surface area contributed by atoms with Gasteiger partial charge in [-0.2, -0.15) is 0 Å². The Morgan fingerprint density at radius 3 is 1.65 bits per heavy atom. The normalized spacial score (nSPS) is 16.1. The molecule has 20 heavy (non-hydrogen) atoms. The third kappa shape index (κ3) is 10.7. The highest BCUT2D eigenvalue weighted by molar-refractivity contribution is 4.83. The average Bonchev–Trinajstić information content (AvgIpc) is 2.44. The van der Waals surface area contributed by atoms with E-state index in [1.54, 1.807) is 0 Å². The maximum atomic E-state index is 9.22. The van der Waals surface area contributed by atoms with Crippen LogP contribution in [0, 0.1) is 5.92 Å². The van der Waals surface area contributed by atoms with Crippen LogP contribution in [0.2, 0.25) is 0 Å². The number of hydrogen-bond donors (Lipinski definition) is 2. The molecule has 0 aliphatic heterocycles. The van der Waals surface area contributed by atoms with Gasteiger partial charge in [0.2, 0.25) is 0 Å². The van der Waals surface area contributed by atoms with Crippen molar-refractivity contribution in [1.29, 1.82) is 0 Å². The number of hydrogen-bond acceptors (Lipinski definition) is 2. The van der Waals surface area contributed by atoms with E-state index in [0.717, 1.165) is 6.42 Å². The molecular formula is C18H39NO. The lowest BCUT2D eigenvalue weighted by Crippen LogP contribution is -2.46. The van der Waals surface area contributed by atoms with Crippen LogP contribution in [0.4, 0.5) is 0 Å². The van der Waals surface area contributed by atoms with Crippen LogP contribution in [0.5, 0.6) is 0 Å².